The first-order valence-electron chi connectivity index (χ1n) is 15.3. The standard InChI is InChI=1S/C41H26N4/c1-2-10-27(11-3-1)43-40-21-19-29(25-34(40)35-26-42-23-22-41(35)43)45-38-17-9-6-14-32(38)33-24-28(18-20-39(33)45)44-36-15-7-4-12-30(36)31-13-5-8-16-37(31)44/h1-26H. The molecule has 0 atom stereocenters. The van der Waals surface area contributed by atoms with Crippen LogP contribution >= 0.6 is 0 Å². The number of benzene rings is 6. The number of rotatable bonds is 3. The van der Waals surface area contributed by atoms with Crippen molar-refractivity contribution in [3.8, 4) is 17.1 Å². The van der Waals surface area contributed by atoms with Crippen LogP contribution in [0.2, 0.25) is 0 Å². The van der Waals surface area contributed by atoms with Gasteiger partial charge in [-0.25, -0.2) is 0 Å². The lowest BCUT2D eigenvalue weighted by molar-refractivity contribution is 1.16. The molecule has 0 aliphatic rings. The van der Waals surface area contributed by atoms with Gasteiger partial charge in [0.1, 0.15) is 0 Å². The molecule has 0 aliphatic carbocycles. The Morgan fingerprint density at radius 2 is 0.733 bits per heavy atom. The number of aromatic nitrogens is 4. The van der Waals surface area contributed by atoms with E-state index in [1.807, 2.05) is 12.4 Å². The molecule has 4 heteroatoms. The first kappa shape index (κ1) is 24.3. The van der Waals surface area contributed by atoms with Crippen molar-refractivity contribution in [2.45, 2.75) is 0 Å². The molecule has 0 fully saturated rings. The van der Waals surface area contributed by atoms with E-state index in [1.165, 1.54) is 54.5 Å². The van der Waals surface area contributed by atoms with E-state index in [-0.39, 0.29) is 0 Å². The number of pyridine rings is 1. The van der Waals surface area contributed by atoms with Crippen molar-refractivity contribution in [1.82, 2.24) is 18.7 Å². The van der Waals surface area contributed by atoms with Crippen LogP contribution in [-0.4, -0.2) is 18.7 Å². The summed E-state index contributed by atoms with van der Waals surface area (Å²) in [6.07, 6.45) is 3.87. The summed E-state index contributed by atoms with van der Waals surface area (Å²) in [4.78, 5) is 4.52. The molecule has 0 radical (unpaired) electrons. The highest BCUT2D eigenvalue weighted by Gasteiger charge is 2.18. The fourth-order valence-electron chi connectivity index (χ4n) is 7.43. The Balaban J connectivity index is 1.24. The minimum absolute atomic E-state index is 1.13. The lowest BCUT2D eigenvalue weighted by atomic mass is 10.1. The summed E-state index contributed by atoms with van der Waals surface area (Å²) >= 11 is 0. The highest BCUT2D eigenvalue weighted by molar-refractivity contribution is 6.13. The van der Waals surface area contributed by atoms with Gasteiger partial charge in [0.15, 0.2) is 0 Å². The first-order valence-corrected chi connectivity index (χ1v) is 15.3. The molecule has 210 valence electrons. The molecule has 0 aliphatic heterocycles. The van der Waals surface area contributed by atoms with Crippen LogP contribution < -0.4 is 0 Å². The molecule has 0 bridgehead atoms. The molecule has 0 saturated heterocycles. The third-order valence-corrected chi connectivity index (χ3v) is 9.32. The topological polar surface area (TPSA) is 27.7 Å². The molecule has 0 saturated carbocycles. The Labute approximate surface area is 258 Å². The number of hydrogen-bond acceptors (Lipinski definition) is 1. The van der Waals surface area contributed by atoms with Crippen molar-refractivity contribution < 1.29 is 0 Å². The summed E-state index contributed by atoms with van der Waals surface area (Å²) in [5.41, 5.74) is 10.6. The molecule has 10 aromatic rings. The smallest absolute Gasteiger partial charge is 0.0571 e. The Hall–Kier alpha value is -6.13. The predicted molar refractivity (Wildman–Crippen MR) is 187 cm³/mol. The Bertz CT molecular complexity index is 2710. The number of para-hydroxylation sites is 4. The molecule has 0 unspecified atom stereocenters. The van der Waals surface area contributed by atoms with E-state index in [1.54, 1.807) is 0 Å². The minimum Gasteiger partial charge on any atom is -0.309 e. The van der Waals surface area contributed by atoms with E-state index in [9.17, 15) is 0 Å². The molecular formula is C41H26N4. The highest BCUT2D eigenvalue weighted by atomic mass is 15.0. The van der Waals surface area contributed by atoms with Crippen molar-refractivity contribution in [1.29, 1.82) is 0 Å². The molecular weight excluding hydrogens is 548 g/mol. The largest absolute Gasteiger partial charge is 0.309 e. The SMILES string of the molecule is c1ccc(-n2c3ccncc3c3cc(-n4c5ccccc5c5cc(-n6c7ccccc7c7ccccc76)ccc54)ccc32)cc1. The molecule has 0 amide bonds. The zero-order chi connectivity index (χ0) is 29.5. The summed E-state index contributed by atoms with van der Waals surface area (Å²) in [6, 6.07) is 52.6. The quantitative estimate of drug-likeness (QED) is 0.206. The van der Waals surface area contributed by atoms with E-state index >= 15 is 0 Å². The third-order valence-electron chi connectivity index (χ3n) is 9.32. The summed E-state index contributed by atoms with van der Waals surface area (Å²) in [5, 5.41) is 7.35. The third kappa shape index (κ3) is 3.39. The number of fused-ring (bicyclic) bond motifs is 9. The lowest BCUT2D eigenvalue weighted by Gasteiger charge is -2.11. The van der Waals surface area contributed by atoms with E-state index in [0.717, 1.165) is 28.0 Å². The maximum Gasteiger partial charge on any atom is 0.0571 e. The van der Waals surface area contributed by atoms with Gasteiger partial charge in [-0.1, -0.05) is 72.8 Å². The average Bonchev–Trinajstić information content (AvgIpc) is 3.74. The molecule has 4 heterocycles. The second kappa shape index (κ2) is 9.18. The van der Waals surface area contributed by atoms with Crippen LogP contribution in [0.5, 0.6) is 0 Å². The van der Waals surface area contributed by atoms with Gasteiger partial charge in [-0.05, 0) is 72.8 Å². The summed E-state index contributed by atoms with van der Waals surface area (Å²) in [6.45, 7) is 0. The summed E-state index contributed by atoms with van der Waals surface area (Å²) < 4.78 is 7.13. The van der Waals surface area contributed by atoms with E-state index in [4.69, 9.17) is 0 Å². The predicted octanol–water partition coefficient (Wildman–Crippen LogP) is 10.4. The highest BCUT2D eigenvalue weighted by Crippen LogP contribution is 2.38. The van der Waals surface area contributed by atoms with Gasteiger partial charge >= 0.3 is 0 Å². The molecule has 0 N–H and O–H groups in total. The Kier molecular flexibility index (Phi) is 4.96. The summed E-state index contributed by atoms with van der Waals surface area (Å²) in [7, 11) is 0. The normalized spacial score (nSPS) is 12.0. The Morgan fingerprint density at radius 1 is 0.311 bits per heavy atom. The molecule has 0 spiro atoms. The maximum atomic E-state index is 4.52. The van der Waals surface area contributed by atoms with Gasteiger partial charge in [-0.15, -0.1) is 0 Å². The van der Waals surface area contributed by atoms with Gasteiger partial charge < -0.3 is 13.7 Å². The molecule has 45 heavy (non-hydrogen) atoms. The molecule has 6 aromatic carbocycles. The van der Waals surface area contributed by atoms with Gasteiger partial charge in [-0.3, -0.25) is 4.98 Å². The van der Waals surface area contributed by atoms with Gasteiger partial charge in [0.2, 0.25) is 0 Å². The maximum absolute atomic E-state index is 4.52. The molecule has 4 aromatic heterocycles. The minimum atomic E-state index is 1.13. The van der Waals surface area contributed by atoms with Crippen molar-refractivity contribution in [3.63, 3.8) is 0 Å². The van der Waals surface area contributed by atoms with Crippen molar-refractivity contribution in [3.05, 3.63) is 158 Å². The molecule has 4 nitrogen and oxygen atoms in total. The summed E-state index contributed by atoms with van der Waals surface area (Å²) in [5.74, 6) is 0. The van der Waals surface area contributed by atoms with Crippen LogP contribution in [-0.2, 0) is 0 Å². The second-order valence-electron chi connectivity index (χ2n) is 11.7. The van der Waals surface area contributed by atoms with Gasteiger partial charge in [-0.2, -0.15) is 0 Å². The fourth-order valence-corrected chi connectivity index (χ4v) is 7.43. The van der Waals surface area contributed by atoms with Crippen LogP contribution in [0.1, 0.15) is 0 Å². The zero-order valence-electron chi connectivity index (χ0n) is 24.3. The second-order valence-corrected chi connectivity index (χ2v) is 11.7. The van der Waals surface area contributed by atoms with Gasteiger partial charge in [0.25, 0.3) is 0 Å². The van der Waals surface area contributed by atoms with E-state index in [0.29, 0.717) is 0 Å². The fraction of sp³-hybridized carbons (Fsp3) is 0. The lowest BCUT2D eigenvalue weighted by Crippen LogP contribution is -1.96. The van der Waals surface area contributed by atoms with E-state index < -0.39 is 0 Å². The van der Waals surface area contributed by atoms with Crippen LogP contribution in [0, 0.1) is 0 Å². The first-order chi connectivity index (χ1) is 22.3. The van der Waals surface area contributed by atoms with Gasteiger partial charge in [0, 0.05) is 61.8 Å². The monoisotopic (exact) mass is 574 g/mol. The van der Waals surface area contributed by atoms with Crippen molar-refractivity contribution >= 4 is 65.4 Å². The number of nitrogens with zero attached hydrogens (tertiary/aromatic N) is 4. The molecule has 10 rings (SSSR count). The van der Waals surface area contributed by atoms with Crippen LogP contribution in [0.25, 0.3) is 82.5 Å². The van der Waals surface area contributed by atoms with Crippen molar-refractivity contribution in [2.24, 2.45) is 0 Å². The van der Waals surface area contributed by atoms with E-state index in [2.05, 4.69) is 164 Å². The Morgan fingerprint density at radius 3 is 1.31 bits per heavy atom. The number of hydrogen-bond donors (Lipinski definition) is 0. The van der Waals surface area contributed by atoms with Crippen LogP contribution in [0.15, 0.2) is 158 Å². The van der Waals surface area contributed by atoms with Gasteiger partial charge in [0.05, 0.1) is 33.1 Å². The van der Waals surface area contributed by atoms with Crippen molar-refractivity contribution in [2.75, 3.05) is 0 Å². The zero-order valence-corrected chi connectivity index (χ0v) is 24.3. The van der Waals surface area contributed by atoms with Crippen LogP contribution in [0.4, 0.5) is 0 Å². The van der Waals surface area contributed by atoms with Crippen LogP contribution in [0.3, 0.4) is 0 Å². The average molecular weight is 575 g/mol.